The number of hydrogen-bond donors (Lipinski definition) is 0. The molecule has 3 fully saturated rings. The van der Waals surface area contributed by atoms with E-state index in [1.165, 1.54) is 146 Å². The van der Waals surface area contributed by atoms with Gasteiger partial charge in [0.05, 0.1) is 38.0 Å². The van der Waals surface area contributed by atoms with E-state index in [-0.39, 0.29) is 45.0 Å². The van der Waals surface area contributed by atoms with Crippen molar-refractivity contribution < 1.29 is 56.9 Å². The Kier molecular flexibility index (Phi) is 31.0. The van der Waals surface area contributed by atoms with Crippen molar-refractivity contribution in [3.8, 4) is 0 Å². The van der Waals surface area contributed by atoms with E-state index in [0.717, 1.165) is 64.2 Å². The molecule has 0 radical (unpaired) electrons. The number of ether oxygens (including phenoxy) is 6. The molecule has 0 aliphatic carbocycles. The Morgan fingerprint density at radius 1 is 0.481 bits per heavy atom. The normalized spacial score (nSPS) is 17.6. The largest absolute Gasteiger partial charge is 0.462 e. The molecular formula is C65H102NO11+. The fraction of sp³-hybridized carbons (Fsp3) is 0.738. The minimum absolute atomic E-state index is 0.250. The van der Waals surface area contributed by atoms with Gasteiger partial charge in [-0.25, -0.2) is 4.79 Å². The number of piperidine rings is 1. The van der Waals surface area contributed by atoms with Crippen LogP contribution in [0.3, 0.4) is 0 Å². The van der Waals surface area contributed by atoms with Crippen molar-refractivity contribution >= 4 is 29.8 Å². The Morgan fingerprint density at radius 3 is 1.27 bits per heavy atom. The highest BCUT2D eigenvalue weighted by atomic mass is 16.7. The highest BCUT2D eigenvalue weighted by molar-refractivity contribution is 5.86. The fourth-order valence-corrected chi connectivity index (χ4v) is 12.4. The Morgan fingerprint density at radius 2 is 0.857 bits per heavy atom. The topological polar surface area (TPSA) is 141 Å². The molecule has 3 heterocycles. The summed E-state index contributed by atoms with van der Waals surface area (Å²) in [6.45, 7) is 5.79. The zero-order valence-corrected chi connectivity index (χ0v) is 48.0. The van der Waals surface area contributed by atoms with Gasteiger partial charge < -0.3 is 32.9 Å². The van der Waals surface area contributed by atoms with Gasteiger partial charge >= 0.3 is 29.8 Å². The van der Waals surface area contributed by atoms with Gasteiger partial charge in [0.15, 0.2) is 12.9 Å². The van der Waals surface area contributed by atoms with Crippen LogP contribution in [0, 0.1) is 0 Å². The van der Waals surface area contributed by atoms with Crippen molar-refractivity contribution in [3.63, 3.8) is 0 Å². The second-order valence-corrected chi connectivity index (χ2v) is 22.8. The van der Waals surface area contributed by atoms with E-state index in [9.17, 15) is 24.0 Å². The standard InChI is InChI=1S/C65H102NO11/c1-3-5-7-9-11-13-15-17-19-21-23-25-33-41-60(67)72-51-59(52-73-61(68)42-34-26-24-22-20-18-16-14-12-10-8-6-4-2)76-63(70)46-45-62(69)74-53-75-65(54-37-29-27-30-38-54,55-39-31-28-32-40-55)64(71)77-58-49-56-43-44-57(50-58)66(56)47-35-36-48-66/h27-32,37-40,56-59H,3-26,33-36,41-53H2,1-2H3/q+1. The molecule has 2 bridgehead atoms. The van der Waals surface area contributed by atoms with Gasteiger partial charge in [0.25, 0.3) is 0 Å². The van der Waals surface area contributed by atoms with E-state index in [1.54, 1.807) is 0 Å². The lowest BCUT2D eigenvalue weighted by molar-refractivity contribution is -0.956. The first-order valence-electron chi connectivity index (χ1n) is 31.2. The molecule has 2 unspecified atom stereocenters. The van der Waals surface area contributed by atoms with Crippen LogP contribution in [-0.2, 0) is 58.0 Å². The van der Waals surface area contributed by atoms with Crippen molar-refractivity contribution in [2.24, 2.45) is 0 Å². The second-order valence-electron chi connectivity index (χ2n) is 22.8. The predicted octanol–water partition coefficient (Wildman–Crippen LogP) is 15.0. The number of carbonyl (C=O) groups is 5. The number of unbranched alkanes of at least 4 members (excludes halogenated alkanes) is 24. The molecule has 3 aliphatic heterocycles. The molecule has 2 aromatic rings. The lowest BCUT2D eigenvalue weighted by atomic mass is 9.85. The maximum atomic E-state index is 14.8. The summed E-state index contributed by atoms with van der Waals surface area (Å²) in [7, 11) is 0. The monoisotopic (exact) mass is 1070 g/mol. The van der Waals surface area contributed by atoms with Crippen LogP contribution in [0.4, 0.5) is 0 Å². The Labute approximate surface area is 464 Å². The minimum Gasteiger partial charge on any atom is -0.462 e. The van der Waals surface area contributed by atoms with Gasteiger partial charge in [0, 0.05) is 51.4 Å². The molecule has 3 saturated heterocycles. The van der Waals surface area contributed by atoms with Crippen molar-refractivity contribution in [2.45, 2.75) is 275 Å². The molecule has 12 nitrogen and oxygen atoms in total. The summed E-state index contributed by atoms with van der Waals surface area (Å²) in [5.74, 6) is -2.83. The van der Waals surface area contributed by atoms with Crippen molar-refractivity contribution in [1.82, 2.24) is 0 Å². The number of nitrogens with zero attached hydrogens (tertiary/aromatic N) is 1. The first kappa shape index (κ1) is 63.5. The maximum Gasteiger partial charge on any atom is 0.348 e. The predicted molar refractivity (Wildman–Crippen MR) is 303 cm³/mol. The number of rotatable bonds is 43. The van der Waals surface area contributed by atoms with E-state index >= 15 is 0 Å². The number of quaternary nitrogens is 1. The molecule has 0 saturated carbocycles. The van der Waals surface area contributed by atoms with Gasteiger partial charge in [0.1, 0.15) is 19.3 Å². The summed E-state index contributed by atoms with van der Waals surface area (Å²) in [6.07, 6.45) is 36.2. The lowest BCUT2D eigenvalue weighted by Crippen LogP contribution is -2.60. The van der Waals surface area contributed by atoms with Gasteiger partial charge in [-0.3, -0.25) is 19.2 Å². The SMILES string of the molecule is CCCCCCCCCCCCCCCC(=O)OCC(COC(=O)CCCCCCCCCCCCCCC)OC(=O)CCC(=O)OCOC(C(=O)OC1CC2CCC(C1)[N+]21CCCC1)(c1ccccc1)c1ccccc1. The quantitative estimate of drug-likeness (QED) is 0.0206. The molecule has 0 aromatic heterocycles. The molecule has 12 heteroatoms. The van der Waals surface area contributed by atoms with Gasteiger partial charge in [0.2, 0.25) is 5.60 Å². The van der Waals surface area contributed by atoms with Crippen molar-refractivity contribution in [3.05, 3.63) is 71.8 Å². The summed E-state index contributed by atoms with van der Waals surface area (Å²) < 4.78 is 36.5. The summed E-state index contributed by atoms with van der Waals surface area (Å²) in [6, 6.07) is 19.3. The highest BCUT2D eigenvalue weighted by Crippen LogP contribution is 2.47. The molecular weight excluding hydrogens is 971 g/mol. The zero-order valence-electron chi connectivity index (χ0n) is 48.0. The van der Waals surface area contributed by atoms with Crippen LogP contribution >= 0.6 is 0 Å². The van der Waals surface area contributed by atoms with E-state index in [1.807, 2.05) is 60.7 Å². The minimum atomic E-state index is -1.74. The summed E-state index contributed by atoms with van der Waals surface area (Å²) >= 11 is 0. The number of hydrogen-bond acceptors (Lipinski definition) is 11. The zero-order chi connectivity index (χ0) is 54.7. The Balaban J connectivity index is 1.07. The van der Waals surface area contributed by atoms with Gasteiger partial charge in [-0.1, -0.05) is 229 Å². The van der Waals surface area contributed by atoms with Crippen LogP contribution in [0.2, 0.25) is 0 Å². The smallest absolute Gasteiger partial charge is 0.348 e. The number of carbonyl (C=O) groups excluding carboxylic acids is 5. The Bertz CT molecular complexity index is 1830. The second kappa shape index (κ2) is 37.6. The number of esters is 5. The third kappa shape index (κ3) is 22.8. The molecule has 3 aliphatic rings. The van der Waals surface area contributed by atoms with Gasteiger partial charge in [-0.2, -0.15) is 0 Å². The maximum absolute atomic E-state index is 14.8. The van der Waals surface area contributed by atoms with Crippen LogP contribution in [0.15, 0.2) is 60.7 Å². The average molecular weight is 1070 g/mol. The first-order valence-corrected chi connectivity index (χ1v) is 31.2. The molecule has 2 atom stereocenters. The molecule has 77 heavy (non-hydrogen) atoms. The summed E-state index contributed by atoms with van der Waals surface area (Å²) in [4.78, 5) is 67.0. The molecule has 5 rings (SSSR count). The van der Waals surface area contributed by atoms with E-state index in [2.05, 4.69) is 13.8 Å². The summed E-state index contributed by atoms with van der Waals surface area (Å²) in [5, 5.41) is 0. The van der Waals surface area contributed by atoms with Gasteiger partial charge in [-0.05, 0) is 24.0 Å². The average Bonchev–Trinajstić information content (AvgIpc) is 4.13. The molecule has 2 aromatic carbocycles. The van der Waals surface area contributed by atoms with E-state index in [4.69, 9.17) is 28.4 Å². The van der Waals surface area contributed by atoms with Crippen molar-refractivity contribution in [1.29, 1.82) is 0 Å². The van der Waals surface area contributed by atoms with E-state index < -0.39 is 48.3 Å². The van der Waals surface area contributed by atoms with Crippen LogP contribution in [0.5, 0.6) is 0 Å². The van der Waals surface area contributed by atoms with Crippen molar-refractivity contribution in [2.75, 3.05) is 33.1 Å². The van der Waals surface area contributed by atoms with Gasteiger partial charge in [-0.15, -0.1) is 0 Å². The number of benzene rings is 2. The van der Waals surface area contributed by atoms with Crippen LogP contribution < -0.4 is 0 Å². The third-order valence-corrected chi connectivity index (χ3v) is 16.8. The first-order chi connectivity index (χ1) is 37.7. The molecule has 432 valence electrons. The molecule has 1 spiro atoms. The lowest BCUT2D eigenvalue weighted by Gasteiger charge is -2.47. The summed E-state index contributed by atoms with van der Waals surface area (Å²) in [5.41, 5.74) is -0.655. The highest BCUT2D eigenvalue weighted by Gasteiger charge is 2.57. The Hall–Kier alpha value is -4.29. The fourth-order valence-electron chi connectivity index (χ4n) is 12.4. The molecule has 0 amide bonds. The third-order valence-electron chi connectivity index (χ3n) is 16.8. The molecule has 0 N–H and O–H groups in total. The van der Waals surface area contributed by atoms with Crippen LogP contribution in [0.25, 0.3) is 0 Å². The van der Waals surface area contributed by atoms with Crippen LogP contribution in [0.1, 0.15) is 256 Å². The van der Waals surface area contributed by atoms with Crippen LogP contribution in [-0.4, -0.2) is 91.7 Å². The van der Waals surface area contributed by atoms with E-state index in [0.29, 0.717) is 36.1 Å².